The van der Waals surface area contributed by atoms with Crippen LogP contribution in [0.3, 0.4) is 0 Å². The molecule has 0 saturated heterocycles. The summed E-state index contributed by atoms with van der Waals surface area (Å²) in [6, 6.07) is 8.72. The van der Waals surface area contributed by atoms with Gasteiger partial charge in [0, 0.05) is 30.7 Å². The molecule has 0 aliphatic rings. The zero-order valence-electron chi connectivity index (χ0n) is 17.9. The molecule has 172 valence electrons. The molecule has 2 heterocycles. The number of aliphatic hydroxyl groups is 1. The molecule has 2 aromatic heterocycles. The lowest BCUT2D eigenvalue weighted by Crippen LogP contribution is -2.12. The number of benzene rings is 1. The van der Waals surface area contributed by atoms with E-state index in [1.54, 1.807) is 36.7 Å². The lowest BCUT2D eigenvalue weighted by atomic mass is 10.0. The van der Waals surface area contributed by atoms with Gasteiger partial charge in [0.15, 0.2) is 0 Å². The molecule has 1 N–H and O–H groups in total. The molecule has 32 heavy (non-hydrogen) atoms. The summed E-state index contributed by atoms with van der Waals surface area (Å²) in [7, 11) is 0. The molecule has 0 aliphatic heterocycles. The number of carbonyl (C=O) groups excluding carboxylic acids is 1. The normalized spacial score (nSPS) is 11.8. The number of carbonyl (C=O) groups is 1. The van der Waals surface area contributed by atoms with Gasteiger partial charge in [0.05, 0.1) is 31.0 Å². The van der Waals surface area contributed by atoms with Crippen molar-refractivity contribution >= 4 is 11.4 Å². The standard InChI is InChI=1S/C23H25F3N2O4/c1-15(2)32-20-11-16(10-18(30)3-5-23(24,25)26)9-17(12-20)21-14-27-22-13-19(31-8-7-29)4-6-28(21)22/h4,6,9,11-15,29H,3,5,7-8,10H2,1-2H3. The quantitative estimate of drug-likeness (QED) is 0.488. The van der Waals surface area contributed by atoms with Crippen molar-refractivity contribution in [1.82, 2.24) is 9.38 Å². The molecule has 9 heteroatoms. The van der Waals surface area contributed by atoms with E-state index in [1.165, 1.54) is 0 Å². The van der Waals surface area contributed by atoms with Gasteiger partial charge in [-0.2, -0.15) is 13.2 Å². The van der Waals surface area contributed by atoms with Crippen molar-refractivity contribution in [2.24, 2.45) is 0 Å². The van der Waals surface area contributed by atoms with Crippen LogP contribution in [-0.2, 0) is 11.2 Å². The predicted molar refractivity (Wildman–Crippen MR) is 113 cm³/mol. The number of ether oxygens (including phenoxy) is 2. The fourth-order valence-corrected chi connectivity index (χ4v) is 3.28. The van der Waals surface area contributed by atoms with Crippen LogP contribution in [0.4, 0.5) is 13.2 Å². The first-order valence-corrected chi connectivity index (χ1v) is 10.2. The van der Waals surface area contributed by atoms with Crippen LogP contribution in [0.15, 0.2) is 42.7 Å². The highest BCUT2D eigenvalue weighted by Crippen LogP contribution is 2.29. The van der Waals surface area contributed by atoms with Crippen molar-refractivity contribution < 1.29 is 32.5 Å². The first-order chi connectivity index (χ1) is 15.1. The van der Waals surface area contributed by atoms with Crippen LogP contribution < -0.4 is 9.47 Å². The zero-order valence-corrected chi connectivity index (χ0v) is 17.9. The summed E-state index contributed by atoms with van der Waals surface area (Å²) >= 11 is 0. The van der Waals surface area contributed by atoms with Crippen LogP contribution >= 0.6 is 0 Å². The molecule has 0 spiro atoms. The topological polar surface area (TPSA) is 73.1 Å². The second kappa shape index (κ2) is 10.0. The molecule has 0 saturated carbocycles. The Morgan fingerprint density at radius 1 is 1.19 bits per heavy atom. The summed E-state index contributed by atoms with van der Waals surface area (Å²) in [4.78, 5) is 16.5. The molecule has 0 atom stereocenters. The van der Waals surface area contributed by atoms with E-state index in [0.717, 1.165) is 11.3 Å². The van der Waals surface area contributed by atoms with Gasteiger partial charge >= 0.3 is 6.18 Å². The predicted octanol–water partition coefficient (Wildman–Crippen LogP) is 4.61. The Labute approximate surface area is 183 Å². The number of aromatic nitrogens is 2. The van der Waals surface area contributed by atoms with Crippen LogP contribution in [0.1, 0.15) is 32.3 Å². The summed E-state index contributed by atoms with van der Waals surface area (Å²) in [5, 5.41) is 8.91. The second-order valence-corrected chi connectivity index (χ2v) is 7.67. The Kier molecular flexibility index (Phi) is 7.40. The van der Waals surface area contributed by atoms with E-state index >= 15 is 0 Å². The maximum absolute atomic E-state index is 12.5. The summed E-state index contributed by atoms with van der Waals surface area (Å²) < 4.78 is 50.4. The molecule has 0 fully saturated rings. The average molecular weight is 450 g/mol. The van der Waals surface area contributed by atoms with Crippen LogP contribution in [0.25, 0.3) is 16.9 Å². The van der Waals surface area contributed by atoms with Crippen LogP contribution in [-0.4, -0.2) is 45.8 Å². The number of hydrogen-bond acceptors (Lipinski definition) is 5. The van der Waals surface area contributed by atoms with E-state index in [9.17, 15) is 18.0 Å². The van der Waals surface area contributed by atoms with Gasteiger partial charge in [0.2, 0.25) is 0 Å². The third kappa shape index (κ3) is 6.46. The van der Waals surface area contributed by atoms with E-state index in [1.807, 2.05) is 24.3 Å². The van der Waals surface area contributed by atoms with Crippen molar-refractivity contribution in [3.8, 4) is 22.8 Å². The lowest BCUT2D eigenvalue weighted by molar-refractivity contribution is -0.143. The molecular formula is C23H25F3N2O4. The molecule has 0 radical (unpaired) electrons. The number of hydrogen-bond donors (Lipinski definition) is 1. The fourth-order valence-electron chi connectivity index (χ4n) is 3.28. The number of aliphatic hydroxyl groups excluding tert-OH is 1. The van der Waals surface area contributed by atoms with Crippen molar-refractivity contribution in [2.45, 2.75) is 45.4 Å². The van der Waals surface area contributed by atoms with Gasteiger partial charge in [-0.15, -0.1) is 0 Å². The second-order valence-electron chi connectivity index (χ2n) is 7.67. The van der Waals surface area contributed by atoms with E-state index < -0.39 is 24.8 Å². The van der Waals surface area contributed by atoms with Crippen molar-refractivity contribution in [3.05, 3.63) is 48.3 Å². The number of nitrogens with zero attached hydrogens (tertiary/aromatic N) is 2. The molecule has 6 nitrogen and oxygen atoms in total. The maximum Gasteiger partial charge on any atom is 0.389 e. The Hall–Kier alpha value is -3.07. The Bertz CT molecular complexity index is 1080. The highest BCUT2D eigenvalue weighted by atomic mass is 19.4. The molecule has 0 unspecified atom stereocenters. The molecule has 0 aliphatic carbocycles. The van der Waals surface area contributed by atoms with Gasteiger partial charge in [-0.05, 0) is 43.7 Å². The smallest absolute Gasteiger partial charge is 0.389 e. The van der Waals surface area contributed by atoms with Gasteiger partial charge in [-0.3, -0.25) is 9.20 Å². The number of imidazole rings is 1. The summed E-state index contributed by atoms with van der Waals surface area (Å²) in [6.45, 7) is 3.80. The zero-order chi connectivity index (χ0) is 23.3. The van der Waals surface area contributed by atoms with Crippen LogP contribution in [0, 0.1) is 0 Å². The largest absolute Gasteiger partial charge is 0.491 e. The Morgan fingerprint density at radius 2 is 1.97 bits per heavy atom. The van der Waals surface area contributed by atoms with E-state index in [0.29, 0.717) is 22.7 Å². The van der Waals surface area contributed by atoms with E-state index in [-0.39, 0.29) is 25.7 Å². The number of halogens is 3. The fraction of sp³-hybridized carbons (Fsp3) is 0.391. The number of rotatable bonds is 10. The minimum Gasteiger partial charge on any atom is -0.491 e. The molecule has 3 aromatic rings. The monoisotopic (exact) mass is 450 g/mol. The Morgan fingerprint density at radius 3 is 2.66 bits per heavy atom. The van der Waals surface area contributed by atoms with E-state index in [4.69, 9.17) is 14.6 Å². The van der Waals surface area contributed by atoms with Crippen molar-refractivity contribution in [2.75, 3.05) is 13.2 Å². The van der Waals surface area contributed by atoms with Gasteiger partial charge in [-0.1, -0.05) is 0 Å². The average Bonchev–Trinajstić information content (AvgIpc) is 3.13. The minimum absolute atomic E-state index is 0.0992. The molecule has 3 rings (SSSR count). The first-order valence-electron chi connectivity index (χ1n) is 10.2. The number of alkyl halides is 3. The molecular weight excluding hydrogens is 425 g/mol. The number of fused-ring (bicyclic) bond motifs is 1. The van der Waals surface area contributed by atoms with Gasteiger partial charge < -0.3 is 14.6 Å². The number of pyridine rings is 1. The summed E-state index contributed by atoms with van der Waals surface area (Å²) in [6.07, 6.45) is -2.85. The van der Waals surface area contributed by atoms with Gasteiger partial charge in [0.25, 0.3) is 0 Å². The maximum atomic E-state index is 12.5. The van der Waals surface area contributed by atoms with Gasteiger partial charge in [-0.25, -0.2) is 4.98 Å². The number of Topliss-reactive ketones (excluding diaryl/α,β-unsaturated/α-hetero) is 1. The third-order valence-electron chi connectivity index (χ3n) is 4.57. The highest BCUT2D eigenvalue weighted by Gasteiger charge is 2.27. The third-order valence-corrected chi connectivity index (χ3v) is 4.57. The van der Waals surface area contributed by atoms with Gasteiger partial charge in [0.1, 0.15) is 29.5 Å². The lowest BCUT2D eigenvalue weighted by Gasteiger charge is -2.14. The molecule has 1 aromatic carbocycles. The van der Waals surface area contributed by atoms with Crippen LogP contribution in [0.5, 0.6) is 11.5 Å². The Balaban J connectivity index is 1.91. The summed E-state index contributed by atoms with van der Waals surface area (Å²) in [5.41, 5.74) is 2.64. The van der Waals surface area contributed by atoms with Crippen molar-refractivity contribution in [1.29, 1.82) is 0 Å². The minimum atomic E-state index is -4.36. The molecule has 0 bridgehead atoms. The SMILES string of the molecule is CC(C)Oc1cc(CC(=O)CCC(F)(F)F)cc(-c2cnc3cc(OCCO)ccn23)c1. The van der Waals surface area contributed by atoms with Crippen molar-refractivity contribution in [3.63, 3.8) is 0 Å². The highest BCUT2D eigenvalue weighted by molar-refractivity contribution is 5.81. The number of ketones is 1. The first kappa shape index (κ1) is 23.6. The molecule has 0 amide bonds. The van der Waals surface area contributed by atoms with E-state index in [2.05, 4.69) is 4.98 Å². The van der Waals surface area contributed by atoms with Crippen LogP contribution in [0.2, 0.25) is 0 Å². The summed E-state index contributed by atoms with van der Waals surface area (Å²) in [5.74, 6) is 0.601.